The number of likely N-dealkylation sites (tertiary alicyclic amines) is 1. The lowest BCUT2D eigenvalue weighted by Crippen LogP contribution is -2.62. The van der Waals surface area contributed by atoms with Crippen LogP contribution in [0.25, 0.3) is 0 Å². The lowest BCUT2D eigenvalue weighted by atomic mass is 9.58. The number of hydrogen-bond acceptors (Lipinski definition) is 4. The van der Waals surface area contributed by atoms with Gasteiger partial charge in [-0.1, -0.05) is 24.3 Å². The SMILES string of the molecule is CCOC1CC(O)C12CCN(Cc1ccc(CO)cc1)CC2. The van der Waals surface area contributed by atoms with E-state index in [1.54, 1.807) is 0 Å². The Hall–Kier alpha value is -0.940. The van der Waals surface area contributed by atoms with E-state index in [2.05, 4.69) is 17.0 Å². The van der Waals surface area contributed by atoms with Crippen molar-refractivity contribution in [1.29, 1.82) is 0 Å². The molecule has 0 bridgehead atoms. The summed E-state index contributed by atoms with van der Waals surface area (Å²) in [6.07, 6.45) is 2.91. The molecule has 4 heteroatoms. The van der Waals surface area contributed by atoms with Gasteiger partial charge in [-0.25, -0.2) is 0 Å². The molecule has 0 radical (unpaired) electrons. The van der Waals surface area contributed by atoms with Crippen LogP contribution < -0.4 is 0 Å². The van der Waals surface area contributed by atoms with E-state index < -0.39 is 0 Å². The topological polar surface area (TPSA) is 52.9 Å². The molecule has 0 amide bonds. The summed E-state index contributed by atoms with van der Waals surface area (Å²) in [4.78, 5) is 2.45. The number of rotatable bonds is 5. The molecule has 122 valence electrons. The second kappa shape index (κ2) is 6.67. The highest BCUT2D eigenvalue weighted by atomic mass is 16.5. The van der Waals surface area contributed by atoms with Crippen molar-refractivity contribution in [3.8, 4) is 0 Å². The van der Waals surface area contributed by atoms with E-state index in [1.165, 1.54) is 5.56 Å². The van der Waals surface area contributed by atoms with Gasteiger partial charge < -0.3 is 14.9 Å². The number of aliphatic hydroxyl groups excluding tert-OH is 2. The first-order chi connectivity index (χ1) is 10.7. The maximum Gasteiger partial charge on any atom is 0.0681 e. The van der Waals surface area contributed by atoms with E-state index in [9.17, 15) is 5.11 Å². The molecule has 1 aliphatic heterocycles. The first kappa shape index (κ1) is 15.9. The Bertz CT molecular complexity index is 478. The van der Waals surface area contributed by atoms with Gasteiger partial charge in [0.05, 0.1) is 18.8 Å². The zero-order valence-corrected chi connectivity index (χ0v) is 13.4. The molecule has 4 nitrogen and oxygen atoms in total. The maximum absolute atomic E-state index is 10.2. The van der Waals surface area contributed by atoms with Crippen LogP contribution in [0.1, 0.15) is 37.3 Å². The molecular weight excluding hydrogens is 278 g/mol. The van der Waals surface area contributed by atoms with Gasteiger partial charge in [-0.2, -0.15) is 0 Å². The van der Waals surface area contributed by atoms with Gasteiger partial charge in [0.15, 0.2) is 0 Å². The van der Waals surface area contributed by atoms with Crippen molar-refractivity contribution in [1.82, 2.24) is 4.90 Å². The normalized spacial score (nSPS) is 27.8. The average molecular weight is 305 g/mol. The summed E-state index contributed by atoms with van der Waals surface area (Å²) in [5.41, 5.74) is 2.25. The Morgan fingerprint density at radius 3 is 2.36 bits per heavy atom. The van der Waals surface area contributed by atoms with Crippen molar-refractivity contribution in [3.63, 3.8) is 0 Å². The lowest BCUT2D eigenvalue weighted by Gasteiger charge is -2.56. The molecule has 1 heterocycles. The fourth-order valence-electron chi connectivity index (χ4n) is 3.95. The van der Waals surface area contributed by atoms with Crippen molar-refractivity contribution in [2.45, 2.75) is 51.5 Å². The van der Waals surface area contributed by atoms with Crippen molar-refractivity contribution in [3.05, 3.63) is 35.4 Å². The Balaban J connectivity index is 1.55. The first-order valence-electron chi connectivity index (χ1n) is 8.38. The molecule has 2 unspecified atom stereocenters. The number of hydrogen-bond donors (Lipinski definition) is 2. The third kappa shape index (κ3) is 2.93. The molecule has 1 aromatic rings. The molecule has 1 aliphatic carbocycles. The van der Waals surface area contributed by atoms with Crippen molar-refractivity contribution >= 4 is 0 Å². The Morgan fingerprint density at radius 2 is 1.82 bits per heavy atom. The summed E-state index contributed by atoms with van der Waals surface area (Å²) in [5.74, 6) is 0. The molecule has 2 aliphatic rings. The molecule has 1 spiro atoms. The summed E-state index contributed by atoms with van der Waals surface area (Å²) in [7, 11) is 0. The molecule has 0 aromatic heterocycles. The van der Waals surface area contributed by atoms with Crippen LogP contribution in [0.15, 0.2) is 24.3 Å². The van der Waals surface area contributed by atoms with Crippen molar-refractivity contribution in [2.24, 2.45) is 5.41 Å². The highest BCUT2D eigenvalue weighted by Gasteiger charge is 2.55. The molecule has 1 aromatic carbocycles. The zero-order chi connectivity index (χ0) is 15.6. The quantitative estimate of drug-likeness (QED) is 0.873. The second-order valence-corrected chi connectivity index (χ2v) is 6.68. The lowest BCUT2D eigenvalue weighted by molar-refractivity contribution is -0.209. The van der Waals surface area contributed by atoms with Crippen LogP contribution >= 0.6 is 0 Å². The third-order valence-corrected chi connectivity index (χ3v) is 5.51. The molecule has 1 saturated heterocycles. The summed E-state index contributed by atoms with van der Waals surface area (Å²) in [5, 5.41) is 19.3. The smallest absolute Gasteiger partial charge is 0.0681 e. The Morgan fingerprint density at radius 1 is 1.18 bits per heavy atom. The van der Waals surface area contributed by atoms with Crippen LogP contribution in [0, 0.1) is 5.41 Å². The number of nitrogens with zero attached hydrogens (tertiary/aromatic N) is 1. The van der Waals surface area contributed by atoms with Gasteiger partial charge in [0.25, 0.3) is 0 Å². The number of aliphatic hydroxyl groups is 2. The molecular formula is C18H27NO3. The van der Waals surface area contributed by atoms with Gasteiger partial charge >= 0.3 is 0 Å². The highest BCUT2D eigenvalue weighted by Crippen LogP contribution is 2.51. The van der Waals surface area contributed by atoms with Crippen LogP contribution in [0.3, 0.4) is 0 Å². The predicted octanol–water partition coefficient (Wildman–Crippen LogP) is 1.93. The molecule has 22 heavy (non-hydrogen) atoms. The largest absolute Gasteiger partial charge is 0.392 e. The minimum Gasteiger partial charge on any atom is -0.392 e. The summed E-state index contributed by atoms with van der Waals surface area (Å²) in [6.45, 7) is 5.84. The number of ether oxygens (including phenoxy) is 1. The van der Waals surface area contributed by atoms with Gasteiger partial charge in [-0.3, -0.25) is 4.90 Å². The zero-order valence-electron chi connectivity index (χ0n) is 13.4. The average Bonchev–Trinajstić information content (AvgIpc) is 2.56. The van der Waals surface area contributed by atoms with Crippen LogP contribution in [0.2, 0.25) is 0 Å². The van der Waals surface area contributed by atoms with E-state index in [0.717, 1.165) is 51.1 Å². The predicted molar refractivity (Wildman–Crippen MR) is 85.3 cm³/mol. The first-order valence-corrected chi connectivity index (χ1v) is 8.38. The Labute approximate surface area is 132 Å². The van der Waals surface area contributed by atoms with Crippen LogP contribution in [-0.2, 0) is 17.9 Å². The van der Waals surface area contributed by atoms with Gasteiger partial charge in [0.1, 0.15) is 0 Å². The molecule has 2 fully saturated rings. The standard InChI is InChI=1S/C18H27NO3/c1-2-22-17-11-16(21)18(17)7-9-19(10-8-18)12-14-3-5-15(13-20)6-4-14/h3-6,16-17,20-21H,2,7-13H2,1H3. The summed E-state index contributed by atoms with van der Waals surface area (Å²) < 4.78 is 5.82. The van der Waals surface area contributed by atoms with Crippen molar-refractivity contribution in [2.75, 3.05) is 19.7 Å². The summed E-state index contributed by atoms with van der Waals surface area (Å²) >= 11 is 0. The second-order valence-electron chi connectivity index (χ2n) is 6.68. The fourth-order valence-corrected chi connectivity index (χ4v) is 3.95. The van der Waals surface area contributed by atoms with Gasteiger partial charge in [0.2, 0.25) is 0 Å². The van der Waals surface area contributed by atoms with Gasteiger partial charge in [-0.15, -0.1) is 0 Å². The van der Waals surface area contributed by atoms with Crippen LogP contribution in [0.4, 0.5) is 0 Å². The van der Waals surface area contributed by atoms with E-state index in [-0.39, 0.29) is 24.2 Å². The number of benzene rings is 1. The Kier molecular flexibility index (Phi) is 4.83. The fraction of sp³-hybridized carbons (Fsp3) is 0.667. The molecule has 3 rings (SSSR count). The molecule has 1 saturated carbocycles. The van der Waals surface area contributed by atoms with E-state index in [0.29, 0.717) is 0 Å². The van der Waals surface area contributed by atoms with E-state index in [4.69, 9.17) is 9.84 Å². The minimum atomic E-state index is -0.185. The van der Waals surface area contributed by atoms with E-state index in [1.807, 2.05) is 19.1 Å². The monoisotopic (exact) mass is 305 g/mol. The van der Waals surface area contributed by atoms with Gasteiger partial charge in [0, 0.05) is 25.0 Å². The maximum atomic E-state index is 10.2. The van der Waals surface area contributed by atoms with Crippen LogP contribution in [-0.4, -0.2) is 47.0 Å². The van der Waals surface area contributed by atoms with E-state index >= 15 is 0 Å². The van der Waals surface area contributed by atoms with Gasteiger partial charge in [-0.05, 0) is 44.0 Å². The van der Waals surface area contributed by atoms with Crippen LogP contribution in [0.5, 0.6) is 0 Å². The highest BCUT2D eigenvalue weighted by molar-refractivity contribution is 5.22. The molecule has 2 atom stereocenters. The molecule has 2 N–H and O–H groups in total. The summed E-state index contributed by atoms with van der Waals surface area (Å²) in [6, 6.07) is 8.16. The van der Waals surface area contributed by atoms with Crippen molar-refractivity contribution < 1.29 is 14.9 Å². The third-order valence-electron chi connectivity index (χ3n) is 5.51. The number of piperidine rings is 1. The minimum absolute atomic E-state index is 0.00720.